The quantitative estimate of drug-likeness (QED) is 0.706. The number of amides is 1. The number of nitrogens with one attached hydrogen (secondary N) is 1. The molecule has 1 aliphatic heterocycles. The maximum atomic E-state index is 13.0. The van der Waals surface area contributed by atoms with Crippen molar-refractivity contribution in [2.45, 2.75) is 30.7 Å². The van der Waals surface area contributed by atoms with Crippen LogP contribution < -0.4 is 14.8 Å². The van der Waals surface area contributed by atoms with Crippen LogP contribution in [0.25, 0.3) is 0 Å². The molecule has 27 heavy (non-hydrogen) atoms. The van der Waals surface area contributed by atoms with E-state index >= 15 is 0 Å². The summed E-state index contributed by atoms with van der Waals surface area (Å²) in [5.74, 6) is 0.443. The van der Waals surface area contributed by atoms with Gasteiger partial charge >= 0.3 is 0 Å². The molecule has 0 unspecified atom stereocenters. The van der Waals surface area contributed by atoms with Gasteiger partial charge in [-0.1, -0.05) is 0 Å². The van der Waals surface area contributed by atoms with Crippen molar-refractivity contribution in [3.05, 3.63) is 18.2 Å². The third-order valence-electron chi connectivity index (χ3n) is 4.62. The summed E-state index contributed by atoms with van der Waals surface area (Å²) in [5, 5.41) is 2.90. The van der Waals surface area contributed by atoms with E-state index < -0.39 is 10.0 Å². The zero-order chi connectivity index (χ0) is 20.0. The number of carbonyl (C=O) groups excluding carboxylic acids is 1. The molecule has 1 saturated heterocycles. The molecule has 0 radical (unpaired) electrons. The van der Waals surface area contributed by atoms with Crippen LogP contribution in [0.5, 0.6) is 11.5 Å². The molecule has 0 spiro atoms. The molecule has 1 fully saturated rings. The molecule has 1 heterocycles. The van der Waals surface area contributed by atoms with Crippen molar-refractivity contribution in [1.82, 2.24) is 9.62 Å². The van der Waals surface area contributed by atoms with E-state index in [2.05, 4.69) is 5.32 Å². The number of nitrogens with zero attached hydrogens (tertiary/aromatic N) is 1. The summed E-state index contributed by atoms with van der Waals surface area (Å²) in [7, 11) is 0.749. The van der Waals surface area contributed by atoms with Crippen molar-refractivity contribution >= 4 is 15.9 Å². The van der Waals surface area contributed by atoms with Gasteiger partial charge in [-0.3, -0.25) is 4.79 Å². The van der Waals surface area contributed by atoms with E-state index in [1.54, 1.807) is 19.2 Å². The number of carbonyl (C=O) groups is 1. The van der Waals surface area contributed by atoms with Crippen LogP contribution in [0.1, 0.15) is 19.8 Å². The van der Waals surface area contributed by atoms with Crippen LogP contribution >= 0.6 is 0 Å². The Hall–Kier alpha value is -1.84. The Kier molecular flexibility index (Phi) is 7.46. The molecule has 0 aliphatic carbocycles. The first-order valence-corrected chi connectivity index (χ1v) is 10.3. The number of rotatable bonds is 8. The molecule has 1 N–H and O–H groups in total. The number of hydrogen-bond acceptors (Lipinski definition) is 6. The van der Waals surface area contributed by atoms with E-state index in [0.717, 1.165) is 0 Å². The van der Waals surface area contributed by atoms with Crippen LogP contribution in [0.3, 0.4) is 0 Å². The van der Waals surface area contributed by atoms with Crippen LogP contribution in [0.2, 0.25) is 0 Å². The maximum absolute atomic E-state index is 13.0. The van der Waals surface area contributed by atoms with Gasteiger partial charge in [0.05, 0.1) is 20.8 Å². The lowest BCUT2D eigenvalue weighted by Crippen LogP contribution is -2.45. The number of piperidine rings is 1. The Bertz CT molecular complexity index is 744. The number of benzene rings is 1. The average Bonchev–Trinajstić information content (AvgIpc) is 2.67. The molecule has 0 saturated carbocycles. The summed E-state index contributed by atoms with van der Waals surface area (Å²) in [4.78, 5) is 12.4. The molecule has 2 rings (SSSR count). The first kappa shape index (κ1) is 21.5. The second-order valence-electron chi connectivity index (χ2n) is 6.56. The van der Waals surface area contributed by atoms with Gasteiger partial charge in [-0.05, 0) is 31.9 Å². The summed E-state index contributed by atoms with van der Waals surface area (Å²) in [6.45, 7) is 2.86. The van der Waals surface area contributed by atoms with Crippen molar-refractivity contribution in [3.63, 3.8) is 0 Å². The lowest BCUT2D eigenvalue weighted by atomic mass is 9.97. The highest BCUT2D eigenvalue weighted by atomic mass is 32.2. The number of methoxy groups -OCH3 is 3. The highest BCUT2D eigenvalue weighted by molar-refractivity contribution is 7.89. The van der Waals surface area contributed by atoms with Crippen LogP contribution in [0, 0.1) is 5.92 Å². The van der Waals surface area contributed by atoms with Crippen molar-refractivity contribution < 1.29 is 27.4 Å². The van der Waals surface area contributed by atoms with Gasteiger partial charge in [0.25, 0.3) is 0 Å². The molecule has 152 valence electrons. The first-order valence-electron chi connectivity index (χ1n) is 8.85. The minimum Gasteiger partial charge on any atom is -0.497 e. The molecule has 1 aromatic carbocycles. The summed E-state index contributed by atoms with van der Waals surface area (Å²) >= 11 is 0. The van der Waals surface area contributed by atoms with Gasteiger partial charge in [0.15, 0.2) is 0 Å². The van der Waals surface area contributed by atoms with Crippen LogP contribution in [-0.2, 0) is 19.6 Å². The standard InChI is InChI=1S/C18H28N2O6S/c1-13(12-24-2)19-18(21)14-7-9-20(10-8-14)27(22,23)17-11-15(25-3)5-6-16(17)26-4/h5-6,11,13-14H,7-10,12H2,1-4H3,(H,19,21)/t13-/m0/s1. The minimum absolute atomic E-state index is 0.0597. The van der Waals surface area contributed by atoms with Crippen molar-refractivity contribution in [3.8, 4) is 11.5 Å². The number of ether oxygens (including phenoxy) is 3. The molecule has 1 aliphatic rings. The third-order valence-corrected chi connectivity index (χ3v) is 6.54. The highest BCUT2D eigenvalue weighted by Gasteiger charge is 2.34. The fraction of sp³-hybridized carbons (Fsp3) is 0.611. The Morgan fingerprint density at radius 3 is 2.44 bits per heavy atom. The van der Waals surface area contributed by atoms with Gasteiger partial charge < -0.3 is 19.5 Å². The fourth-order valence-electron chi connectivity index (χ4n) is 3.14. The van der Waals surface area contributed by atoms with Gasteiger partial charge in [-0.2, -0.15) is 4.31 Å². The first-order chi connectivity index (χ1) is 12.8. The summed E-state index contributed by atoms with van der Waals surface area (Å²) in [5.41, 5.74) is 0. The van der Waals surface area contributed by atoms with E-state index in [1.165, 1.54) is 24.6 Å². The highest BCUT2D eigenvalue weighted by Crippen LogP contribution is 2.32. The summed E-state index contributed by atoms with van der Waals surface area (Å²) in [6, 6.07) is 4.60. The van der Waals surface area contributed by atoms with Gasteiger partial charge in [0.1, 0.15) is 16.4 Å². The number of hydrogen-bond donors (Lipinski definition) is 1. The van der Waals surface area contributed by atoms with E-state index in [9.17, 15) is 13.2 Å². The Labute approximate surface area is 160 Å². The molecule has 0 bridgehead atoms. The molecular weight excluding hydrogens is 372 g/mol. The van der Waals surface area contributed by atoms with Crippen molar-refractivity contribution in [2.75, 3.05) is 41.0 Å². The molecule has 8 nitrogen and oxygen atoms in total. The second kappa shape index (κ2) is 9.38. The maximum Gasteiger partial charge on any atom is 0.246 e. The van der Waals surface area contributed by atoms with E-state index in [1.807, 2.05) is 6.92 Å². The van der Waals surface area contributed by atoms with Gasteiger partial charge in [0, 0.05) is 38.2 Å². The Morgan fingerprint density at radius 1 is 1.22 bits per heavy atom. The molecular formula is C18H28N2O6S. The van der Waals surface area contributed by atoms with Crippen LogP contribution in [0.15, 0.2) is 23.1 Å². The second-order valence-corrected chi connectivity index (χ2v) is 8.47. The van der Waals surface area contributed by atoms with Gasteiger partial charge in [-0.15, -0.1) is 0 Å². The predicted molar refractivity (Wildman–Crippen MR) is 101 cm³/mol. The van der Waals surface area contributed by atoms with Gasteiger partial charge in [0.2, 0.25) is 15.9 Å². The summed E-state index contributed by atoms with van der Waals surface area (Å²) in [6.07, 6.45) is 0.939. The molecule has 1 amide bonds. The average molecular weight is 400 g/mol. The SMILES string of the molecule is COC[C@H](C)NC(=O)C1CCN(S(=O)(=O)c2cc(OC)ccc2OC)CC1. The normalized spacial score (nSPS) is 17.3. The lowest BCUT2D eigenvalue weighted by Gasteiger charge is -2.31. The lowest BCUT2D eigenvalue weighted by molar-refractivity contribution is -0.127. The Morgan fingerprint density at radius 2 is 1.89 bits per heavy atom. The van der Waals surface area contributed by atoms with Crippen LogP contribution in [0.4, 0.5) is 0 Å². The monoisotopic (exact) mass is 400 g/mol. The van der Waals surface area contributed by atoms with Gasteiger partial charge in [-0.25, -0.2) is 8.42 Å². The van der Waals surface area contributed by atoms with Crippen LogP contribution in [-0.4, -0.2) is 65.7 Å². The topological polar surface area (TPSA) is 94.2 Å². The van der Waals surface area contributed by atoms with Crippen molar-refractivity contribution in [1.29, 1.82) is 0 Å². The molecule has 1 atom stereocenters. The zero-order valence-electron chi connectivity index (χ0n) is 16.2. The zero-order valence-corrected chi connectivity index (χ0v) is 17.0. The third kappa shape index (κ3) is 5.12. The Balaban J connectivity index is 2.08. The smallest absolute Gasteiger partial charge is 0.246 e. The van der Waals surface area contributed by atoms with Crippen molar-refractivity contribution in [2.24, 2.45) is 5.92 Å². The predicted octanol–water partition coefficient (Wildman–Crippen LogP) is 1.26. The van der Waals surface area contributed by atoms with E-state index in [0.29, 0.717) is 25.2 Å². The summed E-state index contributed by atoms with van der Waals surface area (Å²) < 4.78 is 42.9. The fourth-order valence-corrected chi connectivity index (χ4v) is 4.78. The molecule has 9 heteroatoms. The number of sulfonamides is 1. The molecule has 0 aromatic heterocycles. The minimum atomic E-state index is -3.74. The van der Waals surface area contributed by atoms with E-state index in [4.69, 9.17) is 14.2 Å². The van der Waals surface area contributed by atoms with E-state index in [-0.39, 0.29) is 41.6 Å². The largest absolute Gasteiger partial charge is 0.497 e. The molecule has 1 aromatic rings.